The average molecular weight is 494 g/mol. The Labute approximate surface area is 134 Å². The summed E-state index contributed by atoms with van der Waals surface area (Å²) in [6, 6.07) is 5.27. The lowest BCUT2D eigenvalue weighted by Gasteiger charge is -2.18. The monoisotopic (exact) mass is 490 g/mol. The number of benzene rings is 1. The first-order valence-electron chi connectivity index (χ1n) is 4.74. The number of methoxy groups -OCH3 is 1. The number of halogens is 4. The fourth-order valence-electron chi connectivity index (χ4n) is 1.25. The number of rotatable bonds is 5. The van der Waals surface area contributed by atoms with Crippen molar-refractivity contribution in [3.63, 3.8) is 0 Å². The molecule has 94 valence electrons. The lowest BCUT2D eigenvalue weighted by molar-refractivity contribution is 0.0982. The zero-order valence-corrected chi connectivity index (χ0v) is 15.3. The topological polar surface area (TPSA) is 26.3 Å². The second-order valence-electron chi connectivity index (χ2n) is 3.32. The van der Waals surface area contributed by atoms with Crippen LogP contribution in [0.4, 0.5) is 0 Å². The molecule has 0 N–H and O–H groups in total. The van der Waals surface area contributed by atoms with Crippen molar-refractivity contribution < 1.29 is 9.53 Å². The quantitative estimate of drug-likeness (QED) is 0.430. The third-order valence-electron chi connectivity index (χ3n) is 2.15. The highest BCUT2D eigenvalue weighted by molar-refractivity contribution is 9.26. The van der Waals surface area contributed by atoms with Crippen LogP contribution in [-0.2, 0) is 0 Å². The Morgan fingerprint density at radius 3 is 2.53 bits per heavy atom. The Morgan fingerprint density at radius 1 is 1.41 bits per heavy atom. The Kier molecular flexibility index (Phi) is 6.16. The van der Waals surface area contributed by atoms with Gasteiger partial charge in [-0.05, 0) is 40.5 Å². The van der Waals surface area contributed by atoms with Crippen molar-refractivity contribution in [1.29, 1.82) is 0 Å². The van der Waals surface area contributed by atoms with Crippen molar-refractivity contribution in [1.82, 2.24) is 0 Å². The van der Waals surface area contributed by atoms with E-state index in [1.165, 1.54) is 0 Å². The molecule has 0 amide bonds. The number of ether oxygens (including phenoxy) is 1. The first-order chi connectivity index (χ1) is 7.92. The first kappa shape index (κ1) is 15.7. The molecule has 6 heteroatoms. The van der Waals surface area contributed by atoms with Crippen molar-refractivity contribution in [2.24, 2.45) is 0 Å². The molecule has 0 aliphatic heterocycles. The molecule has 0 aliphatic rings. The first-order valence-corrected chi connectivity index (χ1v) is 8.24. The van der Waals surface area contributed by atoms with E-state index in [0.29, 0.717) is 17.7 Å². The van der Waals surface area contributed by atoms with Crippen LogP contribution < -0.4 is 4.74 Å². The molecule has 17 heavy (non-hydrogen) atoms. The van der Waals surface area contributed by atoms with Gasteiger partial charge in [-0.25, -0.2) is 0 Å². The van der Waals surface area contributed by atoms with Crippen LogP contribution in [0, 0.1) is 0 Å². The van der Waals surface area contributed by atoms with E-state index in [9.17, 15) is 4.79 Å². The lowest BCUT2D eigenvalue weighted by atomic mass is 10.1. The Morgan fingerprint density at radius 2 is 2.06 bits per heavy atom. The van der Waals surface area contributed by atoms with Gasteiger partial charge in [0.15, 0.2) is 5.78 Å². The van der Waals surface area contributed by atoms with Crippen LogP contribution in [0.5, 0.6) is 5.75 Å². The van der Waals surface area contributed by atoms with Gasteiger partial charge in [-0.15, -0.1) is 0 Å². The zero-order valence-electron chi connectivity index (χ0n) is 8.97. The van der Waals surface area contributed by atoms with Gasteiger partial charge in [-0.3, -0.25) is 4.79 Å². The predicted molar refractivity (Wildman–Crippen MR) is 84.0 cm³/mol. The minimum atomic E-state index is -0.725. The number of ketones is 1. The van der Waals surface area contributed by atoms with Crippen molar-refractivity contribution in [3.05, 3.63) is 28.2 Å². The van der Waals surface area contributed by atoms with E-state index in [1.54, 1.807) is 25.3 Å². The second-order valence-corrected chi connectivity index (χ2v) is 8.74. The number of alkyl halides is 3. The minimum Gasteiger partial charge on any atom is -0.496 e. The smallest absolute Gasteiger partial charge is 0.190 e. The van der Waals surface area contributed by atoms with Crippen LogP contribution in [0.1, 0.15) is 16.8 Å². The number of carbonyl (C=O) groups is 1. The number of Topliss-reactive ketones (excluding diaryl/α,β-unsaturated/α-hetero) is 1. The molecular formula is C11H10Br4O2. The fourth-order valence-corrected chi connectivity index (χ4v) is 4.30. The van der Waals surface area contributed by atoms with Gasteiger partial charge in [0.2, 0.25) is 0 Å². The highest BCUT2D eigenvalue weighted by Crippen LogP contribution is 2.36. The van der Waals surface area contributed by atoms with E-state index in [4.69, 9.17) is 4.74 Å². The summed E-state index contributed by atoms with van der Waals surface area (Å²) in [5.41, 5.74) is 0.618. The maximum atomic E-state index is 12.2. The highest BCUT2D eigenvalue weighted by Gasteiger charge is 2.32. The number of hydrogen-bond acceptors (Lipinski definition) is 2. The summed E-state index contributed by atoms with van der Waals surface area (Å²) in [5, 5.41) is 0.729. The van der Waals surface area contributed by atoms with Crippen LogP contribution in [-0.4, -0.2) is 21.5 Å². The van der Waals surface area contributed by atoms with Crippen LogP contribution in [0.2, 0.25) is 0 Å². The molecule has 0 bridgehead atoms. The largest absolute Gasteiger partial charge is 0.496 e. The molecule has 2 nitrogen and oxygen atoms in total. The van der Waals surface area contributed by atoms with E-state index < -0.39 is 3.23 Å². The van der Waals surface area contributed by atoms with E-state index in [0.717, 1.165) is 9.80 Å². The maximum absolute atomic E-state index is 12.2. The van der Waals surface area contributed by atoms with Gasteiger partial charge >= 0.3 is 0 Å². The molecule has 0 unspecified atom stereocenters. The van der Waals surface area contributed by atoms with E-state index in [2.05, 4.69) is 63.7 Å². The molecule has 0 saturated heterocycles. The summed E-state index contributed by atoms with van der Waals surface area (Å²) in [4.78, 5) is 12.2. The third kappa shape index (κ3) is 4.04. The number of hydrogen-bond donors (Lipinski definition) is 0. The summed E-state index contributed by atoms with van der Waals surface area (Å²) < 4.78 is 5.16. The highest BCUT2D eigenvalue weighted by atomic mass is 79.9. The molecule has 0 radical (unpaired) electrons. The molecule has 0 aromatic heterocycles. The molecule has 0 saturated carbocycles. The van der Waals surface area contributed by atoms with Gasteiger partial charge in [0, 0.05) is 10.9 Å². The predicted octanol–water partition coefficient (Wildman–Crippen LogP) is 4.91. The maximum Gasteiger partial charge on any atom is 0.190 e. The van der Waals surface area contributed by atoms with Gasteiger partial charge in [-0.1, -0.05) is 47.8 Å². The van der Waals surface area contributed by atoms with Crippen molar-refractivity contribution in [3.8, 4) is 5.75 Å². The standard InChI is InChI=1S/C11H10Br4O2/c1-17-9-3-2-7(6-8(9)13)10(16)11(14,15)4-5-12/h2-3,6H,4-5H2,1H3. The Bertz CT molecular complexity index is 418. The third-order valence-corrected chi connectivity index (χ3v) is 4.68. The summed E-state index contributed by atoms with van der Waals surface area (Å²) >= 11 is 13.5. The van der Waals surface area contributed by atoms with Gasteiger partial charge in [0.05, 0.1) is 11.6 Å². The second kappa shape index (κ2) is 6.68. The molecule has 1 aromatic carbocycles. The molecular weight excluding hydrogens is 484 g/mol. The summed E-state index contributed by atoms with van der Waals surface area (Å²) in [6.07, 6.45) is 0.648. The van der Waals surface area contributed by atoms with Crippen molar-refractivity contribution >= 4 is 69.5 Å². The van der Waals surface area contributed by atoms with Crippen LogP contribution in [0.3, 0.4) is 0 Å². The van der Waals surface area contributed by atoms with Gasteiger partial charge in [0.1, 0.15) is 8.98 Å². The molecule has 0 heterocycles. The van der Waals surface area contributed by atoms with Crippen molar-refractivity contribution in [2.75, 3.05) is 12.4 Å². The summed E-state index contributed by atoms with van der Waals surface area (Å²) in [7, 11) is 1.59. The SMILES string of the molecule is COc1ccc(C(=O)C(Br)(Br)CCBr)cc1Br. The van der Waals surface area contributed by atoms with Crippen LogP contribution >= 0.6 is 63.7 Å². The molecule has 0 fully saturated rings. The lowest BCUT2D eigenvalue weighted by Crippen LogP contribution is -2.25. The molecule has 1 rings (SSSR count). The van der Waals surface area contributed by atoms with E-state index in [-0.39, 0.29) is 5.78 Å². The summed E-state index contributed by atoms with van der Waals surface area (Å²) in [6.45, 7) is 0. The molecule has 0 atom stereocenters. The van der Waals surface area contributed by atoms with Crippen LogP contribution in [0.15, 0.2) is 22.7 Å². The average Bonchev–Trinajstić information content (AvgIpc) is 2.27. The molecule has 0 spiro atoms. The van der Waals surface area contributed by atoms with Crippen LogP contribution in [0.25, 0.3) is 0 Å². The van der Waals surface area contributed by atoms with Gasteiger partial charge in [-0.2, -0.15) is 0 Å². The molecule has 1 aromatic rings. The Balaban J connectivity index is 3.01. The zero-order chi connectivity index (χ0) is 13.1. The number of carbonyl (C=O) groups excluding carboxylic acids is 1. The normalized spacial score (nSPS) is 11.4. The molecule has 0 aliphatic carbocycles. The van der Waals surface area contributed by atoms with Gasteiger partial charge < -0.3 is 4.74 Å². The summed E-state index contributed by atoms with van der Waals surface area (Å²) in [5.74, 6) is 0.692. The van der Waals surface area contributed by atoms with E-state index >= 15 is 0 Å². The van der Waals surface area contributed by atoms with Gasteiger partial charge in [0.25, 0.3) is 0 Å². The fraction of sp³-hybridized carbons (Fsp3) is 0.364. The minimum absolute atomic E-state index is 0.0136. The Hall–Kier alpha value is 0.610. The van der Waals surface area contributed by atoms with E-state index in [1.807, 2.05) is 0 Å². The van der Waals surface area contributed by atoms with Crippen molar-refractivity contribution in [2.45, 2.75) is 9.65 Å².